The summed E-state index contributed by atoms with van der Waals surface area (Å²) in [4.78, 5) is 36.4. The summed E-state index contributed by atoms with van der Waals surface area (Å²) in [5.41, 5.74) is 0.991. The zero-order chi connectivity index (χ0) is 25.0. The first-order valence-electron chi connectivity index (χ1n) is 11.8. The number of carbonyl (C=O) groups is 2. The fraction of sp³-hybridized carbons (Fsp3) is 0.370. The van der Waals surface area contributed by atoms with Crippen LogP contribution in [0.25, 0.3) is 22.1 Å². The molecule has 186 valence electrons. The Kier molecular flexibility index (Phi) is 9.71. The van der Waals surface area contributed by atoms with Gasteiger partial charge in [0, 0.05) is 23.8 Å². The van der Waals surface area contributed by atoms with Crippen molar-refractivity contribution in [3.8, 4) is 22.6 Å². The van der Waals surface area contributed by atoms with Crippen molar-refractivity contribution in [1.82, 2.24) is 0 Å². The molecule has 1 aromatic heterocycles. The van der Waals surface area contributed by atoms with Gasteiger partial charge in [-0.2, -0.15) is 0 Å². The van der Waals surface area contributed by atoms with Gasteiger partial charge >= 0.3 is 17.6 Å². The van der Waals surface area contributed by atoms with Crippen molar-refractivity contribution in [3.05, 3.63) is 59.0 Å². The Labute approximate surface area is 203 Å². The molecule has 0 radical (unpaired) electrons. The number of hydrogen-bond acceptors (Lipinski definition) is 8. The van der Waals surface area contributed by atoms with Gasteiger partial charge in [0.2, 0.25) is 0 Å². The van der Waals surface area contributed by atoms with E-state index >= 15 is 0 Å². The van der Waals surface area contributed by atoms with Crippen LogP contribution < -0.4 is 15.1 Å². The summed E-state index contributed by atoms with van der Waals surface area (Å²) in [6, 6.07) is 13.7. The van der Waals surface area contributed by atoms with Gasteiger partial charge in [-0.1, -0.05) is 57.0 Å². The van der Waals surface area contributed by atoms with Gasteiger partial charge in [-0.05, 0) is 18.4 Å². The summed E-state index contributed by atoms with van der Waals surface area (Å²) in [6.45, 7) is 3.97. The van der Waals surface area contributed by atoms with Gasteiger partial charge in [-0.25, -0.2) is 14.4 Å². The van der Waals surface area contributed by atoms with Gasteiger partial charge in [0.1, 0.15) is 17.1 Å². The van der Waals surface area contributed by atoms with E-state index in [1.165, 1.54) is 12.1 Å². The van der Waals surface area contributed by atoms with E-state index in [1.54, 1.807) is 6.07 Å². The largest absolute Gasteiger partial charge is 0.482 e. The molecule has 8 heteroatoms. The fourth-order valence-corrected chi connectivity index (χ4v) is 3.31. The molecule has 0 unspecified atom stereocenters. The van der Waals surface area contributed by atoms with Crippen LogP contribution in [0.2, 0.25) is 0 Å². The maximum Gasteiger partial charge on any atom is 0.344 e. The second-order valence-electron chi connectivity index (χ2n) is 7.87. The second kappa shape index (κ2) is 13.2. The molecule has 0 aliphatic carbocycles. The molecule has 35 heavy (non-hydrogen) atoms. The molecule has 0 saturated carbocycles. The van der Waals surface area contributed by atoms with E-state index in [-0.39, 0.29) is 30.3 Å². The summed E-state index contributed by atoms with van der Waals surface area (Å²) in [5, 5.41) is 0.495. The highest BCUT2D eigenvalue weighted by Gasteiger charge is 2.17. The Morgan fingerprint density at radius 3 is 2.09 bits per heavy atom. The van der Waals surface area contributed by atoms with Crippen LogP contribution in [0.5, 0.6) is 11.5 Å². The van der Waals surface area contributed by atoms with Crippen molar-refractivity contribution < 1.29 is 33.0 Å². The molecular formula is C27H30O8. The number of fused-ring (bicyclic) bond motifs is 1. The SMILES string of the molecule is CCCCOC(=O)COc1cc(OCC(=O)OCCCC)c2c(-c3ccccc3)cc(=O)oc2c1. The molecule has 0 aliphatic rings. The highest BCUT2D eigenvalue weighted by molar-refractivity contribution is 5.98. The molecule has 3 aromatic rings. The summed E-state index contributed by atoms with van der Waals surface area (Å²) >= 11 is 0. The minimum atomic E-state index is -0.558. The van der Waals surface area contributed by atoms with Crippen LogP contribution >= 0.6 is 0 Å². The monoisotopic (exact) mass is 482 g/mol. The molecule has 1 heterocycles. The minimum Gasteiger partial charge on any atom is -0.482 e. The van der Waals surface area contributed by atoms with Crippen LogP contribution in [-0.2, 0) is 19.1 Å². The number of benzene rings is 2. The molecule has 0 atom stereocenters. The van der Waals surface area contributed by atoms with Crippen molar-refractivity contribution in [2.45, 2.75) is 39.5 Å². The number of rotatable bonds is 13. The maximum atomic E-state index is 12.3. The lowest BCUT2D eigenvalue weighted by Crippen LogP contribution is -2.17. The molecule has 0 fully saturated rings. The Bertz CT molecular complexity index is 1180. The normalized spacial score (nSPS) is 10.7. The lowest BCUT2D eigenvalue weighted by molar-refractivity contribution is -0.146. The molecule has 0 saturated heterocycles. The zero-order valence-electron chi connectivity index (χ0n) is 20.0. The molecule has 0 aliphatic heterocycles. The Balaban J connectivity index is 1.93. The Hall–Kier alpha value is -3.81. The van der Waals surface area contributed by atoms with Crippen LogP contribution in [0.4, 0.5) is 0 Å². The van der Waals surface area contributed by atoms with Gasteiger partial charge in [-0.3, -0.25) is 0 Å². The van der Waals surface area contributed by atoms with Crippen LogP contribution in [-0.4, -0.2) is 38.4 Å². The van der Waals surface area contributed by atoms with Crippen molar-refractivity contribution in [3.63, 3.8) is 0 Å². The standard InChI is InChI=1S/C27H30O8/c1-3-5-12-31-25(29)17-33-20-14-22(34-18-26(30)32-13-6-4-2)27-21(19-10-8-7-9-11-19)16-24(28)35-23(27)15-20/h7-11,14-16H,3-6,12-13,17-18H2,1-2H3. The number of carbonyl (C=O) groups excluding carboxylic acids is 2. The smallest absolute Gasteiger partial charge is 0.344 e. The van der Waals surface area contributed by atoms with Gasteiger partial charge in [0.25, 0.3) is 0 Å². The molecule has 0 amide bonds. The quantitative estimate of drug-likeness (QED) is 0.193. The molecule has 8 nitrogen and oxygen atoms in total. The molecular weight excluding hydrogens is 452 g/mol. The van der Waals surface area contributed by atoms with Crippen LogP contribution in [0, 0.1) is 0 Å². The van der Waals surface area contributed by atoms with Gasteiger partial charge < -0.3 is 23.4 Å². The van der Waals surface area contributed by atoms with Crippen LogP contribution in [0.15, 0.2) is 57.7 Å². The van der Waals surface area contributed by atoms with E-state index in [2.05, 4.69) is 0 Å². The zero-order valence-corrected chi connectivity index (χ0v) is 20.0. The van der Waals surface area contributed by atoms with Crippen LogP contribution in [0.1, 0.15) is 39.5 Å². The van der Waals surface area contributed by atoms with Crippen molar-refractivity contribution in [2.24, 2.45) is 0 Å². The first kappa shape index (κ1) is 25.8. The lowest BCUT2D eigenvalue weighted by atomic mass is 10.0. The second-order valence-corrected chi connectivity index (χ2v) is 7.87. The van der Waals surface area contributed by atoms with Crippen LogP contribution in [0.3, 0.4) is 0 Å². The highest BCUT2D eigenvalue weighted by atomic mass is 16.6. The highest BCUT2D eigenvalue weighted by Crippen LogP contribution is 2.37. The van der Waals surface area contributed by atoms with E-state index in [1.807, 2.05) is 44.2 Å². The third-order valence-corrected chi connectivity index (χ3v) is 5.09. The number of hydrogen-bond donors (Lipinski definition) is 0. The predicted molar refractivity (Wildman–Crippen MR) is 131 cm³/mol. The molecule has 0 bridgehead atoms. The molecule has 3 rings (SSSR count). The third kappa shape index (κ3) is 7.60. The number of ether oxygens (including phenoxy) is 4. The average Bonchev–Trinajstić information content (AvgIpc) is 2.86. The number of unbranched alkanes of at least 4 members (excludes halogenated alkanes) is 2. The summed E-state index contributed by atoms with van der Waals surface area (Å²) in [7, 11) is 0. The summed E-state index contributed by atoms with van der Waals surface area (Å²) < 4.78 is 27.1. The predicted octanol–water partition coefficient (Wildman–Crippen LogP) is 4.90. The van der Waals surface area contributed by atoms with Gasteiger partial charge in [0.15, 0.2) is 13.2 Å². The summed E-state index contributed by atoms with van der Waals surface area (Å²) in [6.07, 6.45) is 3.33. The van der Waals surface area contributed by atoms with E-state index < -0.39 is 17.6 Å². The minimum absolute atomic E-state index is 0.197. The Morgan fingerprint density at radius 1 is 0.829 bits per heavy atom. The lowest BCUT2D eigenvalue weighted by Gasteiger charge is -2.14. The van der Waals surface area contributed by atoms with E-state index in [9.17, 15) is 14.4 Å². The van der Waals surface area contributed by atoms with Gasteiger partial charge in [-0.15, -0.1) is 0 Å². The van der Waals surface area contributed by atoms with Crippen molar-refractivity contribution >= 4 is 22.9 Å². The van der Waals surface area contributed by atoms with E-state index in [0.717, 1.165) is 31.2 Å². The molecule has 0 N–H and O–H groups in total. The van der Waals surface area contributed by atoms with E-state index in [4.69, 9.17) is 23.4 Å². The summed E-state index contributed by atoms with van der Waals surface area (Å²) in [5.74, 6) is -0.546. The first-order chi connectivity index (χ1) is 17.0. The van der Waals surface area contributed by atoms with Gasteiger partial charge in [0.05, 0.1) is 18.6 Å². The fourth-order valence-electron chi connectivity index (χ4n) is 3.31. The molecule has 2 aromatic carbocycles. The maximum absolute atomic E-state index is 12.3. The van der Waals surface area contributed by atoms with E-state index in [0.29, 0.717) is 24.2 Å². The first-order valence-corrected chi connectivity index (χ1v) is 11.8. The topological polar surface area (TPSA) is 101 Å². The third-order valence-electron chi connectivity index (χ3n) is 5.09. The Morgan fingerprint density at radius 2 is 1.46 bits per heavy atom. The van der Waals surface area contributed by atoms with Crippen molar-refractivity contribution in [2.75, 3.05) is 26.4 Å². The van der Waals surface area contributed by atoms with Crippen molar-refractivity contribution in [1.29, 1.82) is 0 Å². The average molecular weight is 483 g/mol. The molecule has 0 spiro atoms. The number of esters is 2.